The molecule has 0 amide bonds. The predicted molar refractivity (Wildman–Crippen MR) is 77.6 cm³/mol. The summed E-state index contributed by atoms with van der Waals surface area (Å²) in [6.45, 7) is 0. The van der Waals surface area contributed by atoms with E-state index in [-0.39, 0.29) is 0 Å². The normalized spacial score (nSPS) is 9.55. The Hall–Kier alpha value is -1.70. The number of hydrogen-bond acceptors (Lipinski definition) is 2. The molecule has 0 fully saturated rings. The summed E-state index contributed by atoms with van der Waals surface area (Å²) in [5.74, 6) is 0. The Morgan fingerprint density at radius 1 is 0.800 bits per heavy atom. The Morgan fingerprint density at radius 2 is 1.55 bits per heavy atom. The van der Waals surface area contributed by atoms with Crippen LogP contribution in [-0.2, 0) is 14.6 Å². The maximum atomic E-state index is 4.62. The van der Waals surface area contributed by atoms with Crippen molar-refractivity contribution in [1.82, 2.24) is 9.97 Å². The van der Waals surface area contributed by atoms with Crippen LogP contribution in [0, 0.1) is 6.07 Å². The molecule has 4 heteroatoms. The quantitative estimate of drug-likeness (QED) is 0.519. The van der Waals surface area contributed by atoms with Gasteiger partial charge in [0.2, 0.25) is 0 Å². The van der Waals surface area contributed by atoms with Crippen LogP contribution in [0.25, 0.3) is 22.6 Å². The summed E-state index contributed by atoms with van der Waals surface area (Å²) < 4.78 is 0. The second-order valence-electron chi connectivity index (χ2n) is 3.90. The third-order valence-electron chi connectivity index (χ3n) is 2.66. The zero-order valence-corrected chi connectivity index (χ0v) is 12.2. The van der Waals surface area contributed by atoms with Crippen molar-refractivity contribution in [3.05, 3.63) is 72.9 Å². The number of halogens is 1. The number of rotatable bonds is 2. The average molecular weight is 325 g/mol. The fourth-order valence-electron chi connectivity index (χ4n) is 1.79. The summed E-state index contributed by atoms with van der Waals surface area (Å²) in [4.78, 5) is 8.93. The fraction of sp³-hybridized carbons (Fsp3) is 0. The first-order valence-corrected chi connectivity index (χ1v) is 7.27. The maximum Gasteiger partial charge on any atom is 0.0876 e. The van der Waals surface area contributed by atoms with E-state index >= 15 is 0 Å². The minimum absolute atomic E-state index is 0.880. The molecule has 0 N–H and O–H groups in total. The molecule has 2 aromatic heterocycles. The van der Waals surface area contributed by atoms with Crippen LogP contribution in [0.2, 0.25) is 0 Å². The van der Waals surface area contributed by atoms with E-state index in [1.165, 1.54) is 0 Å². The van der Waals surface area contributed by atoms with Crippen molar-refractivity contribution >= 4 is 10.2 Å². The van der Waals surface area contributed by atoms with Crippen molar-refractivity contribution in [2.75, 3.05) is 0 Å². The van der Waals surface area contributed by atoms with Gasteiger partial charge in [-0.3, -0.25) is 9.97 Å². The summed E-state index contributed by atoms with van der Waals surface area (Å²) in [6, 6.07) is 22.8. The molecule has 2 heterocycles. The van der Waals surface area contributed by atoms with Gasteiger partial charge in [-0.2, -0.15) is 0 Å². The predicted octanol–water partition coefficient (Wildman–Crippen LogP) is 4.30. The maximum absolute atomic E-state index is 4.62. The van der Waals surface area contributed by atoms with Crippen LogP contribution in [0.4, 0.5) is 0 Å². The van der Waals surface area contributed by atoms with Crippen molar-refractivity contribution in [3.63, 3.8) is 0 Å². The summed E-state index contributed by atoms with van der Waals surface area (Å²) in [7, 11) is 4.26. The number of aromatic nitrogens is 2. The van der Waals surface area contributed by atoms with Gasteiger partial charge in [0.05, 0.1) is 11.4 Å². The van der Waals surface area contributed by atoms with Gasteiger partial charge in [0, 0.05) is 6.20 Å². The van der Waals surface area contributed by atoms with Crippen molar-refractivity contribution < 1.29 is 14.6 Å². The summed E-state index contributed by atoms with van der Waals surface area (Å²) in [5.41, 5.74) is 3.68. The SMILES string of the molecule is [Cl][Ni].[c-]1ccccc1-c1cccc(-c2ccccn2)n1. The van der Waals surface area contributed by atoms with E-state index in [2.05, 4.69) is 40.8 Å². The second-order valence-corrected chi connectivity index (χ2v) is 3.90. The zero-order valence-electron chi connectivity index (χ0n) is 10.4. The molecular weight excluding hydrogens is 314 g/mol. The van der Waals surface area contributed by atoms with Gasteiger partial charge in [-0.05, 0) is 23.9 Å². The van der Waals surface area contributed by atoms with Gasteiger partial charge in [0.15, 0.2) is 0 Å². The molecule has 0 atom stereocenters. The Bertz CT molecular complexity index is 590. The third kappa shape index (κ3) is 3.66. The van der Waals surface area contributed by atoms with Crippen LogP contribution in [0.3, 0.4) is 0 Å². The standard InChI is InChI=1S/C16H11N2.ClH.Ni/c1-2-7-13(8-3-1)14-10-6-11-16(18-14)15-9-4-5-12-17-15;;/h1-7,9-12H;1H;/q-1;;+1/p-1. The molecule has 3 rings (SSSR count). The van der Waals surface area contributed by atoms with E-state index in [0.717, 1.165) is 22.6 Å². The summed E-state index contributed by atoms with van der Waals surface area (Å²) in [6.07, 6.45) is 1.78. The van der Waals surface area contributed by atoms with E-state index in [1.54, 1.807) is 6.20 Å². The zero-order chi connectivity index (χ0) is 14.2. The van der Waals surface area contributed by atoms with E-state index in [1.807, 2.05) is 60.7 Å². The van der Waals surface area contributed by atoms with Crippen LogP contribution in [0.15, 0.2) is 66.9 Å². The topological polar surface area (TPSA) is 25.8 Å². The molecule has 0 unspecified atom stereocenters. The van der Waals surface area contributed by atoms with E-state index in [4.69, 9.17) is 0 Å². The molecule has 0 aliphatic heterocycles. The molecule has 0 saturated heterocycles. The van der Waals surface area contributed by atoms with Gasteiger partial charge in [0.1, 0.15) is 0 Å². The number of benzene rings is 1. The van der Waals surface area contributed by atoms with Crippen molar-refractivity contribution in [2.45, 2.75) is 0 Å². The molecule has 3 aromatic rings. The number of nitrogens with zero attached hydrogens (tertiary/aromatic N) is 2. The van der Waals surface area contributed by atoms with Gasteiger partial charge in [-0.1, -0.05) is 18.2 Å². The smallest absolute Gasteiger partial charge is 0.0876 e. The van der Waals surface area contributed by atoms with Crippen molar-refractivity contribution in [3.8, 4) is 22.6 Å². The van der Waals surface area contributed by atoms with Gasteiger partial charge in [-0.25, -0.2) is 0 Å². The van der Waals surface area contributed by atoms with Gasteiger partial charge >= 0.3 is 24.8 Å². The molecular formula is C16H11ClN2Ni-. The molecule has 2 nitrogen and oxygen atoms in total. The first-order valence-electron chi connectivity index (χ1n) is 5.91. The molecule has 20 heavy (non-hydrogen) atoms. The Labute approximate surface area is 130 Å². The molecule has 0 radical (unpaired) electrons. The average Bonchev–Trinajstić information content (AvgIpc) is 2.58. The monoisotopic (exact) mass is 324 g/mol. The molecule has 1 aromatic carbocycles. The minimum atomic E-state index is 0.880. The largest absolute Gasteiger partial charge is 0.295 e. The van der Waals surface area contributed by atoms with Crippen molar-refractivity contribution in [1.29, 1.82) is 0 Å². The molecule has 0 aliphatic carbocycles. The molecule has 0 saturated carbocycles. The Kier molecular flexibility index (Phi) is 5.73. The Morgan fingerprint density at radius 3 is 2.25 bits per heavy atom. The number of hydrogen-bond donors (Lipinski definition) is 0. The Balaban J connectivity index is 0.000000704. The first-order chi connectivity index (χ1) is 9.93. The van der Waals surface area contributed by atoms with Gasteiger partial charge in [-0.15, -0.1) is 35.9 Å². The van der Waals surface area contributed by atoms with E-state index in [9.17, 15) is 0 Å². The van der Waals surface area contributed by atoms with Gasteiger partial charge in [0.25, 0.3) is 0 Å². The van der Waals surface area contributed by atoms with Gasteiger partial charge < -0.3 is 0 Å². The van der Waals surface area contributed by atoms with Crippen LogP contribution in [0.5, 0.6) is 0 Å². The van der Waals surface area contributed by atoms with Crippen LogP contribution < -0.4 is 0 Å². The van der Waals surface area contributed by atoms with Crippen molar-refractivity contribution in [2.24, 2.45) is 0 Å². The first kappa shape index (κ1) is 14.7. The van der Waals surface area contributed by atoms with Crippen LogP contribution in [-0.4, -0.2) is 9.97 Å². The number of pyridine rings is 2. The summed E-state index contributed by atoms with van der Waals surface area (Å²) in [5, 5.41) is 0. The second kappa shape index (κ2) is 7.79. The molecule has 103 valence electrons. The molecule has 0 bridgehead atoms. The minimum Gasteiger partial charge on any atom is -0.295 e. The summed E-state index contributed by atoms with van der Waals surface area (Å²) >= 11 is 3.35. The van der Waals surface area contributed by atoms with Crippen LogP contribution in [0.1, 0.15) is 0 Å². The molecule has 0 aliphatic rings. The van der Waals surface area contributed by atoms with E-state index in [0.29, 0.717) is 0 Å². The van der Waals surface area contributed by atoms with E-state index < -0.39 is 0 Å². The van der Waals surface area contributed by atoms with Crippen LogP contribution >= 0.6 is 10.2 Å². The molecule has 0 spiro atoms. The third-order valence-corrected chi connectivity index (χ3v) is 2.66. The fourth-order valence-corrected chi connectivity index (χ4v) is 1.79.